The largest absolute Gasteiger partial charge is 0.457 e. The molecule has 0 radical (unpaired) electrons. The fourth-order valence-electron chi connectivity index (χ4n) is 3.61. The second-order valence-electron chi connectivity index (χ2n) is 7.41. The predicted molar refractivity (Wildman–Crippen MR) is 127 cm³/mol. The SMILES string of the molecule is OC(c1cccnc1)c1c(-c2ccc(Oc3ccccc3)cc2)noc1-c1cccc(Cl)c1. The third kappa shape index (κ3) is 4.51. The molecular weight excluding hydrogens is 436 g/mol. The first-order valence-electron chi connectivity index (χ1n) is 10.4. The van der Waals surface area contributed by atoms with Gasteiger partial charge in [0.25, 0.3) is 0 Å². The highest BCUT2D eigenvalue weighted by molar-refractivity contribution is 6.30. The van der Waals surface area contributed by atoms with Gasteiger partial charge in [0.2, 0.25) is 0 Å². The van der Waals surface area contributed by atoms with E-state index in [4.69, 9.17) is 20.9 Å². The van der Waals surface area contributed by atoms with Crippen molar-refractivity contribution in [1.82, 2.24) is 10.1 Å². The molecule has 0 bridgehead atoms. The smallest absolute Gasteiger partial charge is 0.173 e. The number of aliphatic hydroxyl groups is 1. The molecule has 0 amide bonds. The normalized spacial score (nSPS) is 11.8. The number of pyridine rings is 1. The molecule has 2 aromatic heterocycles. The third-order valence-electron chi connectivity index (χ3n) is 5.20. The van der Waals surface area contributed by atoms with Crippen LogP contribution in [0.4, 0.5) is 0 Å². The van der Waals surface area contributed by atoms with Gasteiger partial charge >= 0.3 is 0 Å². The van der Waals surface area contributed by atoms with E-state index in [1.165, 1.54) is 0 Å². The van der Waals surface area contributed by atoms with Gasteiger partial charge in [-0.25, -0.2) is 0 Å². The maximum absolute atomic E-state index is 11.3. The number of hydrogen-bond donors (Lipinski definition) is 1. The van der Waals surface area contributed by atoms with Crippen LogP contribution >= 0.6 is 11.6 Å². The van der Waals surface area contributed by atoms with Crippen molar-refractivity contribution in [2.45, 2.75) is 6.10 Å². The zero-order valence-electron chi connectivity index (χ0n) is 17.4. The van der Waals surface area contributed by atoms with Crippen LogP contribution in [0.15, 0.2) is 108 Å². The minimum absolute atomic E-state index is 0.452. The predicted octanol–water partition coefficient (Wildman–Crippen LogP) is 6.93. The van der Waals surface area contributed by atoms with Gasteiger partial charge in [0.05, 0.1) is 5.56 Å². The highest BCUT2D eigenvalue weighted by Crippen LogP contribution is 2.40. The monoisotopic (exact) mass is 454 g/mol. The van der Waals surface area contributed by atoms with Gasteiger partial charge in [0.1, 0.15) is 23.3 Å². The third-order valence-corrected chi connectivity index (χ3v) is 5.43. The molecule has 5 rings (SSSR count). The Morgan fingerprint density at radius 2 is 1.61 bits per heavy atom. The molecule has 1 N–H and O–H groups in total. The Morgan fingerprint density at radius 1 is 0.818 bits per heavy atom. The Labute approximate surface area is 195 Å². The molecule has 1 unspecified atom stereocenters. The average molecular weight is 455 g/mol. The number of aliphatic hydroxyl groups excluding tert-OH is 1. The fraction of sp³-hybridized carbons (Fsp3) is 0.0370. The van der Waals surface area contributed by atoms with Gasteiger partial charge in [-0.3, -0.25) is 4.98 Å². The Morgan fingerprint density at radius 3 is 2.33 bits per heavy atom. The van der Waals surface area contributed by atoms with Gasteiger partial charge in [-0.15, -0.1) is 0 Å². The van der Waals surface area contributed by atoms with Crippen LogP contribution in [0.25, 0.3) is 22.6 Å². The summed E-state index contributed by atoms with van der Waals surface area (Å²) in [4.78, 5) is 4.14. The van der Waals surface area contributed by atoms with E-state index in [0.717, 1.165) is 16.9 Å². The zero-order valence-corrected chi connectivity index (χ0v) is 18.2. The summed E-state index contributed by atoms with van der Waals surface area (Å²) in [5.74, 6) is 1.90. The number of nitrogens with zero attached hydrogens (tertiary/aromatic N) is 2. The molecule has 5 nitrogen and oxygen atoms in total. The zero-order chi connectivity index (χ0) is 22.6. The summed E-state index contributed by atoms with van der Waals surface area (Å²) in [7, 11) is 0. The van der Waals surface area contributed by atoms with Crippen LogP contribution in [0.5, 0.6) is 11.5 Å². The van der Waals surface area contributed by atoms with Crippen LogP contribution in [-0.2, 0) is 0 Å². The van der Waals surface area contributed by atoms with Crippen molar-refractivity contribution in [1.29, 1.82) is 0 Å². The Kier molecular flexibility index (Phi) is 5.89. The van der Waals surface area contributed by atoms with Crippen molar-refractivity contribution in [3.8, 4) is 34.1 Å². The topological polar surface area (TPSA) is 68.4 Å². The lowest BCUT2D eigenvalue weighted by Gasteiger charge is -2.13. The molecular formula is C27H19ClN2O3. The van der Waals surface area contributed by atoms with Crippen LogP contribution in [0.2, 0.25) is 5.02 Å². The highest BCUT2D eigenvalue weighted by atomic mass is 35.5. The van der Waals surface area contributed by atoms with E-state index in [2.05, 4.69) is 10.1 Å². The molecule has 0 spiro atoms. The van der Waals surface area contributed by atoms with Crippen LogP contribution in [-0.4, -0.2) is 15.2 Å². The number of ether oxygens (including phenoxy) is 1. The van der Waals surface area contributed by atoms with Crippen molar-refractivity contribution in [2.75, 3.05) is 0 Å². The minimum atomic E-state index is -0.992. The number of hydrogen-bond acceptors (Lipinski definition) is 5. The lowest BCUT2D eigenvalue weighted by atomic mass is 9.95. The first-order valence-corrected chi connectivity index (χ1v) is 10.7. The molecule has 0 aliphatic carbocycles. The lowest BCUT2D eigenvalue weighted by molar-refractivity contribution is 0.220. The van der Waals surface area contributed by atoms with Gasteiger partial charge in [-0.1, -0.05) is 53.2 Å². The Hall–Kier alpha value is -3.93. The summed E-state index contributed by atoms with van der Waals surface area (Å²) in [6.45, 7) is 0. The number of para-hydroxylation sites is 1. The lowest BCUT2D eigenvalue weighted by Crippen LogP contribution is -2.02. The van der Waals surface area contributed by atoms with Gasteiger partial charge in [-0.2, -0.15) is 0 Å². The summed E-state index contributed by atoms with van der Waals surface area (Å²) < 4.78 is 11.6. The van der Waals surface area contributed by atoms with Gasteiger partial charge in [-0.05, 0) is 54.6 Å². The first kappa shape index (κ1) is 20.9. The summed E-state index contributed by atoms with van der Waals surface area (Å²) in [6, 6.07) is 27.9. The number of halogens is 1. The van der Waals surface area contributed by atoms with Crippen molar-refractivity contribution < 1.29 is 14.4 Å². The van der Waals surface area contributed by atoms with Crippen molar-refractivity contribution in [3.05, 3.63) is 120 Å². The first-order chi connectivity index (χ1) is 16.2. The highest BCUT2D eigenvalue weighted by Gasteiger charge is 2.26. The number of benzene rings is 3. The van der Waals surface area contributed by atoms with E-state index in [9.17, 15) is 5.11 Å². The molecule has 0 saturated heterocycles. The second kappa shape index (κ2) is 9.28. The van der Waals surface area contributed by atoms with E-state index in [1.54, 1.807) is 30.6 Å². The summed E-state index contributed by atoms with van der Waals surface area (Å²) >= 11 is 6.20. The number of rotatable bonds is 6. The van der Waals surface area contributed by atoms with E-state index in [1.807, 2.05) is 72.8 Å². The van der Waals surface area contributed by atoms with Gasteiger partial charge in [0, 0.05) is 34.1 Å². The summed E-state index contributed by atoms with van der Waals surface area (Å²) in [6.07, 6.45) is 2.29. The van der Waals surface area contributed by atoms with E-state index < -0.39 is 6.10 Å². The molecule has 3 aromatic carbocycles. The summed E-state index contributed by atoms with van der Waals surface area (Å²) in [5, 5.41) is 16.2. The summed E-state index contributed by atoms with van der Waals surface area (Å²) in [5.41, 5.74) is 3.22. The Bertz CT molecular complexity index is 1350. The molecule has 0 aliphatic rings. The van der Waals surface area contributed by atoms with Crippen LogP contribution < -0.4 is 4.74 Å². The minimum Gasteiger partial charge on any atom is -0.457 e. The molecule has 0 fully saturated rings. The number of aromatic nitrogens is 2. The molecule has 33 heavy (non-hydrogen) atoms. The molecule has 6 heteroatoms. The van der Waals surface area contributed by atoms with Gasteiger partial charge in [0.15, 0.2) is 5.76 Å². The standard InChI is InChI=1S/C27H19ClN2O3/c28-21-8-4-6-19(16-21)27-24(26(31)20-7-5-15-29-17-20)25(30-33-27)18-11-13-23(14-12-18)32-22-9-2-1-3-10-22/h1-17,26,31H. The Balaban J connectivity index is 1.56. The van der Waals surface area contributed by atoms with Crippen molar-refractivity contribution in [2.24, 2.45) is 0 Å². The molecule has 0 saturated carbocycles. The van der Waals surface area contributed by atoms with E-state index in [0.29, 0.717) is 33.4 Å². The van der Waals surface area contributed by atoms with E-state index in [-0.39, 0.29) is 0 Å². The average Bonchev–Trinajstić information content (AvgIpc) is 3.30. The maximum atomic E-state index is 11.3. The molecule has 0 aliphatic heterocycles. The second-order valence-corrected chi connectivity index (χ2v) is 7.85. The van der Waals surface area contributed by atoms with Gasteiger partial charge < -0.3 is 14.4 Å². The maximum Gasteiger partial charge on any atom is 0.173 e. The van der Waals surface area contributed by atoms with Crippen LogP contribution in [0.1, 0.15) is 17.2 Å². The molecule has 1 atom stereocenters. The van der Waals surface area contributed by atoms with Crippen LogP contribution in [0.3, 0.4) is 0 Å². The molecule has 2 heterocycles. The quantitative estimate of drug-likeness (QED) is 0.301. The van der Waals surface area contributed by atoms with Crippen molar-refractivity contribution in [3.63, 3.8) is 0 Å². The van der Waals surface area contributed by atoms with E-state index >= 15 is 0 Å². The molecule has 5 aromatic rings. The van der Waals surface area contributed by atoms with Crippen molar-refractivity contribution >= 4 is 11.6 Å². The fourth-order valence-corrected chi connectivity index (χ4v) is 3.80. The molecule has 162 valence electrons. The van der Waals surface area contributed by atoms with Crippen LogP contribution in [0, 0.1) is 0 Å².